The Morgan fingerprint density at radius 3 is 2.88 bits per heavy atom. The van der Waals surface area contributed by atoms with Crippen LogP contribution in [0.15, 0.2) is 29.2 Å². The van der Waals surface area contributed by atoms with Crippen LogP contribution in [0.25, 0.3) is 0 Å². The summed E-state index contributed by atoms with van der Waals surface area (Å²) in [4.78, 5) is 0.309. The van der Waals surface area contributed by atoms with E-state index in [1.807, 2.05) is 0 Å². The summed E-state index contributed by atoms with van der Waals surface area (Å²) < 4.78 is 33.7. The van der Waals surface area contributed by atoms with Crippen LogP contribution in [0.1, 0.15) is 6.92 Å². The number of rotatable bonds is 5. The third-order valence-corrected chi connectivity index (χ3v) is 4.12. The number of hydrogen-bond acceptors (Lipinski definition) is 4. The van der Waals surface area contributed by atoms with Gasteiger partial charge in [-0.25, -0.2) is 8.42 Å². The monoisotopic (exact) mass is 242 g/mol. The van der Waals surface area contributed by atoms with Gasteiger partial charge < -0.3 is 9.47 Å². The Balaban J connectivity index is 2.12. The van der Waals surface area contributed by atoms with E-state index in [4.69, 9.17) is 9.47 Å². The Labute approximate surface area is 95.1 Å². The highest BCUT2D eigenvalue weighted by atomic mass is 32.2. The molecule has 0 saturated carbocycles. The van der Waals surface area contributed by atoms with E-state index in [1.165, 1.54) is 0 Å². The molecule has 1 aliphatic heterocycles. The summed E-state index contributed by atoms with van der Waals surface area (Å²) in [5, 5.41) is 0. The summed E-state index contributed by atoms with van der Waals surface area (Å²) in [6.45, 7) is 2.84. The average molecular weight is 242 g/mol. The number of sulfone groups is 1. The maximum absolute atomic E-state index is 11.6. The van der Waals surface area contributed by atoms with Gasteiger partial charge in [-0.3, -0.25) is 0 Å². The van der Waals surface area contributed by atoms with Gasteiger partial charge in [0.15, 0.2) is 9.84 Å². The van der Waals surface area contributed by atoms with Gasteiger partial charge in [0.25, 0.3) is 0 Å². The molecule has 1 fully saturated rings. The lowest BCUT2D eigenvalue weighted by atomic mass is 10.3. The SMILES string of the molecule is CCS(=O)(=O)c1cccc(OCC2CO2)c1. The molecule has 0 radical (unpaired) electrons. The minimum atomic E-state index is -3.15. The van der Waals surface area contributed by atoms with E-state index in [0.29, 0.717) is 17.3 Å². The van der Waals surface area contributed by atoms with Crippen LogP contribution in [0.5, 0.6) is 5.75 Å². The number of hydrogen-bond donors (Lipinski definition) is 0. The zero-order valence-corrected chi connectivity index (χ0v) is 9.87. The molecule has 0 amide bonds. The van der Waals surface area contributed by atoms with Crippen molar-refractivity contribution in [2.75, 3.05) is 19.0 Å². The Hall–Kier alpha value is -1.07. The van der Waals surface area contributed by atoms with E-state index in [1.54, 1.807) is 31.2 Å². The van der Waals surface area contributed by atoms with Gasteiger partial charge >= 0.3 is 0 Å². The van der Waals surface area contributed by atoms with Crippen LogP contribution < -0.4 is 4.74 Å². The van der Waals surface area contributed by atoms with Gasteiger partial charge in [-0.1, -0.05) is 13.0 Å². The predicted molar refractivity (Wildman–Crippen MR) is 59.4 cm³/mol. The molecule has 0 aromatic heterocycles. The molecule has 0 aliphatic carbocycles. The number of epoxide rings is 1. The van der Waals surface area contributed by atoms with Crippen molar-refractivity contribution in [3.8, 4) is 5.75 Å². The van der Waals surface area contributed by atoms with Gasteiger partial charge in [-0.15, -0.1) is 0 Å². The van der Waals surface area contributed by atoms with Gasteiger partial charge in [0.1, 0.15) is 18.5 Å². The molecule has 1 saturated heterocycles. The average Bonchev–Trinajstić information content (AvgIpc) is 3.11. The summed E-state index contributed by atoms with van der Waals surface area (Å²) in [5.74, 6) is 0.673. The van der Waals surface area contributed by atoms with Gasteiger partial charge in [0, 0.05) is 0 Å². The van der Waals surface area contributed by atoms with Gasteiger partial charge in [-0.05, 0) is 18.2 Å². The molecule has 0 spiro atoms. The fraction of sp³-hybridized carbons (Fsp3) is 0.455. The number of ether oxygens (including phenoxy) is 2. The van der Waals surface area contributed by atoms with Crippen molar-refractivity contribution in [1.29, 1.82) is 0 Å². The lowest BCUT2D eigenvalue weighted by Gasteiger charge is -2.06. The molecule has 88 valence electrons. The van der Waals surface area contributed by atoms with Crippen LogP contribution in [0.4, 0.5) is 0 Å². The summed E-state index contributed by atoms with van der Waals surface area (Å²) >= 11 is 0. The minimum Gasteiger partial charge on any atom is -0.491 e. The molecule has 5 heteroatoms. The van der Waals surface area contributed by atoms with E-state index in [-0.39, 0.29) is 11.9 Å². The van der Waals surface area contributed by atoms with Gasteiger partial charge in [0.05, 0.1) is 17.3 Å². The molecule has 1 aromatic rings. The Morgan fingerprint density at radius 2 is 2.25 bits per heavy atom. The lowest BCUT2D eigenvalue weighted by molar-refractivity contribution is 0.262. The molecule has 1 aromatic carbocycles. The second kappa shape index (κ2) is 4.43. The first kappa shape index (κ1) is 11.4. The van der Waals surface area contributed by atoms with E-state index in [9.17, 15) is 8.42 Å². The smallest absolute Gasteiger partial charge is 0.178 e. The highest BCUT2D eigenvalue weighted by molar-refractivity contribution is 7.91. The van der Waals surface area contributed by atoms with Crippen molar-refractivity contribution in [3.05, 3.63) is 24.3 Å². The Kier molecular flexibility index (Phi) is 3.16. The van der Waals surface area contributed by atoms with Gasteiger partial charge in [0.2, 0.25) is 0 Å². The number of benzene rings is 1. The maximum atomic E-state index is 11.6. The topological polar surface area (TPSA) is 55.9 Å². The van der Waals surface area contributed by atoms with Crippen molar-refractivity contribution >= 4 is 9.84 Å². The van der Waals surface area contributed by atoms with Crippen LogP contribution in [-0.4, -0.2) is 33.5 Å². The quantitative estimate of drug-likeness (QED) is 0.729. The van der Waals surface area contributed by atoms with Crippen LogP contribution in [-0.2, 0) is 14.6 Å². The molecule has 0 N–H and O–H groups in total. The van der Waals surface area contributed by atoms with E-state index < -0.39 is 9.84 Å². The predicted octanol–water partition coefficient (Wildman–Crippen LogP) is 1.26. The van der Waals surface area contributed by atoms with Crippen molar-refractivity contribution in [3.63, 3.8) is 0 Å². The first-order valence-electron chi connectivity index (χ1n) is 5.19. The third kappa shape index (κ3) is 2.74. The summed E-state index contributed by atoms with van der Waals surface area (Å²) in [5.41, 5.74) is 0. The van der Waals surface area contributed by atoms with E-state index >= 15 is 0 Å². The largest absolute Gasteiger partial charge is 0.491 e. The molecule has 1 atom stereocenters. The molecule has 2 rings (SSSR count). The van der Waals surface area contributed by atoms with E-state index in [2.05, 4.69) is 0 Å². The Bertz CT molecular complexity index is 463. The fourth-order valence-corrected chi connectivity index (χ4v) is 2.19. The molecule has 4 nitrogen and oxygen atoms in total. The first-order valence-corrected chi connectivity index (χ1v) is 6.84. The summed E-state index contributed by atoms with van der Waals surface area (Å²) in [6, 6.07) is 6.57. The van der Waals surface area contributed by atoms with Crippen molar-refractivity contribution in [2.45, 2.75) is 17.9 Å². The van der Waals surface area contributed by atoms with Crippen LogP contribution in [0.2, 0.25) is 0 Å². The zero-order valence-electron chi connectivity index (χ0n) is 9.05. The molecular formula is C11H14O4S. The van der Waals surface area contributed by atoms with Crippen molar-refractivity contribution in [2.24, 2.45) is 0 Å². The molecule has 1 aliphatic rings. The third-order valence-electron chi connectivity index (χ3n) is 2.38. The first-order chi connectivity index (χ1) is 7.62. The Morgan fingerprint density at radius 1 is 1.50 bits per heavy atom. The molecular weight excluding hydrogens is 228 g/mol. The molecule has 0 bridgehead atoms. The van der Waals surface area contributed by atoms with Crippen LogP contribution in [0, 0.1) is 0 Å². The fourth-order valence-electron chi connectivity index (χ4n) is 1.28. The van der Waals surface area contributed by atoms with Crippen molar-refractivity contribution < 1.29 is 17.9 Å². The standard InChI is InChI=1S/C11H14O4S/c1-2-16(12,13)11-5-3-4-9(6-11)14-7-10-8-15-10/h3-6,10H,2,7-8H2,1H3. The lowest BCUT2D eigenvalue weighted by Crippen LogP contribution is -2.06. The second-order valence-electron chi connectivity index (χ2n) is 3.64. The highest BCUT2D eigenvalue weighted by Gasteiger charge is 2.23. The van der Waals surface area contributed by atoms with Crippen molar-refractivity contribution in [1.82, 2.24) is 0 Å². The second-order valence-corrected chi connectivity index (χ2v) is 5.92. The molecule has 16 heavy (non-hydrogen) atoms. The normalized spacial score (nSPS) is 19.4. The molecule has 1 unspecified atom stereocenters. The zero-order chi connectivity index (χ0) is 11.6. The highest BCUT2D eigenvalue weighted by Crippen LogP contribution is 2.20. The maximum Gasteiger partial charge on any atom is 0.178 e. The molecule has 1 heterocycles. The van der Waals surface area contributed by atoms with E-state index in [0.717, 1.165) is 6.61 Å². The summed E-state index contributed by atoms with van der Waals surface area (Å²) in [7, 11) is -3.15. The minimum absolute atomic E-state index is 0.0994. The van der Waals surface area contributed by atoms with Crippen LogP contribution in [0.3, 0.4) is 0 Å². The van der Waals surface area contributed by atoms with Crippen LogP contribution >= 0.6 is 0 Å². The van der Waals surface area contributed by atoms with Gasteiger partial charge in [-0.2, -0.15) is 0 Å². The summed E-state index contributed by atoms with van der Waals surface area (Å²) in [6.07, 6.45) is 0.173.